The molecule has 20 heavy (non-hydrogen) atoms. The summed E-state index contributed by atoms with van der Waals surface area (Å²) in [4.78, 5) is 2.66. The first-order chi connectivity index (χ1) is 9.79. The predicted octanol–water partition coefficient (Wildman–Crippen LogP) is 3.20. The molecule has 1 atom stereocenters. The second kappa shape index (κ2) is 6.46. The summed E-state index contributed by atoms with van der Waals surface area (Å²) in [6.45, 7) is 4.54. The molecule has 2 aliphatic rings. The summed E-state index contributed by atoms with van der Waals surface area (Å²) in [7, 11) is 1.72. The topological polar surface area (TPSA) is 24.5 Å². The number of rotatable bonds is 4. The van der Waals surface area contributed by atoms with Crippen LogP contribution in [0.5, 0.6) is 5.75 Å². The largest absolute Gasteiger partial charge is 0.496 e. The third-order valence-corrected chi connectivity index (χ3v) is 5.28. The number of piperazine rings is 1. The van der Waals surface area contributed by atoms with Crippen molar-refractivity contribution in [2.75, 3.05) is 33.3 Å². The Morgan fingerprint density at radius 2 is 2.05 bits per heavy atom. The van der Waals surface area contributed by atoms with E-state index in [0.29, 0.717) is 6.04 Å². The van der Waals surface area contributed by atoms with E-state index in [1.54, 1.807) is 7.11 Å². The molecular weight excluding hydrogens is 316 g/mol. The van der Waals surface area contributed by atoms with E-state index in [2.05, 4.69) is 44.3 Å². The lowest BCUT2D eigenvalue weighted by atomic mass is 9.76. The molecule has 0 unspecified atom stereocenters. The molecule has 0 radical (unpaired) electrons. The van der Waals surface area contributed by atoms with Gasteiger partial charge < -0.3 is 10.1 Å². The number of benzene rings is 1. The SMILES string of the molecule is COc1ccc([C@@H](C2CCC2)N2CCNCC2)cc1Br. The van der Waals surface area contributed by atoms with Crippen LogP contribution in [0.25, 0.3) is 0 Å². The molecule has 1 saturated carbocycles. The summed E-state index contributed by atoms with van der Waals surface area (Å²) < 4.78 is 6.42. The lowest BCUT2D eigenvalue weighted by Crippen LogP contribution is -2.47. The highest BCUT2D eigenvalue weighted by Gasteiger charge is 2.33. The number of methoxy groups -OCH3 is 1. The fourth-order valence-corrected chi connectivity index (χ4v) is 3.92. The van der Waals surface area contributed by atoms with Gasteiger partial charge in [-0.15, -0.1) is 0 Å². The van der Waals surface area contributed by atoms with Crippen LogP contribution >= 0.6 is 15.9 Å². The molecule has 1 N–H and O–H groups in total. The zero-order valence-corrected chi connectivity index (χ0v) is 13.7. The fourth-order valence-electron chi connectivity index (χ4n) is 3.36. The van der Waals surface area contributed by atoms with E-state index in [0.717, 1.165) is 42.3 Å². The van der Waals surface area contributed by atoms with Crippen molar-refractivity contribution in [3.05, 3.63) is 28.2 Å². The van der Waals surface area contributed by atoms with Gasteiger partial charge in [-0.1, -0.05) is 12.5 Å². The zero-order valence-electron chi connectivity index (χ0n) is 12.1. The van der Waals surface area contributed by atoms with Crippen LogP contribution in [0.2, 0.25) is 0 Å². The first-order valence-corrected chi connectivity index (χ1v) is 8.37. The summed E-state index contributed by atoms with van der Waals surface area (Å²) in [6.07, 6.45) is 4.14. The normalized spacial score (nSPS) is 22.3. The van der Waals surface area contributed by atoms with E-state index >= 15 is 0 Å². The second-order valence-electron chi connectivity index (χ2n) is 5.82. The summed E-state index contributed by atoms with van der Waals surface area (Å²) in [5.74, 6) is 1.75. The highest BCUT2D eigenvalue weighted by molar-refractivity contribution is 9.10. The Kier molecular flexibility index (Phi) is 4.64. The number of hydrogen-bond acceptors (Lipinski definition) is 3. The van der Waals surface area contributed by atoms with Gasteiger partial charge in [-0.25, -0.2) is 0 Å². The van der Waals surface area contributed by atoms with Crippen LogP contribution in [-0.4, -0.2) is 38.2 Å². The van der Waals surface area contributed by atoms with Gasteiger partial charge in [-0.3, -0.25) is 4.90 Å². The minimum atomic E-state index is 0.577. The molecule has 1 heterocycles. The van der Waals surface area contributed by atoms with Crippen molar-refractivity contribution in [2.45, 2.75) is 25.3 Å². The highest BCUT2D eigenvalue weighted by atomic mass is 79.9. The average molecular weight is 339 g/mol. The van der Waals surface area contributed by atoms with E-state index in [1.165, 1.54) is 24.8 Å². The van der Waals surface area contributed by atoms with Gasteiger partial charge in [0, 0.05) is 32.2 Å². The molecule has 1 aromatic carbocycles. The molecule has 1 aliphatic carbocycles. The van der Waals surface area contributed by atoms with Gasteiger partial charge in [0.15, 0.2) is 0 Å². The molecular formula is C16H23BrN2O. The van der Waals surface area contributed by atoms with E-state index in [1.807, 2.05) is 0 Å². The van der Waals surface area contributed by atoms with Gasteiger partial charge in [0.25, 0.3) is 0 Å². The second-order valence-corrected chi connectivity index (χ2v) is 6.67. The molecule has 1 aliphatic heterocycles. The highest BCUT2D eigenvalue weighted by Crippen LogP contribution is 2.42. The van der Waals surface area contributed by atoms with Crippen molar-refractivity contribution >= 4 is 15.9 Å². The van der Waals surface area contributed by atoms with Crippen molar-refractivity contribution in [1.82, 2.24) is 10.2 Å². The Bertz CT molecular complexity index is 456. The Morgan fingerprint density at radius 3 is 2.60 bits per heavy atom. The quantitative estimate of drug-likeness (QED) is 0.912. The van der Waals surface area contributed by atoms with Crippen LogP contribution in [0.4, 0.5) is 0 Å². The van der Waals surface area contributed by atoms with Gasteiger partial charge in [0.1, 0.15) is 5.75 Å². The molecule has 1 aromatic rings. The van der Waals surface area contributed by atoms with E-state index in [9.17, 15) is 0 Å². The molecule has 2 fully saturated rings. The van der Waals surface area contributed by atoms with Crippen molar-refractivity contribution in [3.8, 4) is 5.75 Å². The van der Waals surface area contributed by atoms with Gasteiger partial charge >= 0.3 is 0 Å². The minimum Gasteiger partial charge on any atom is -0.496 e. The van der Waals surface area contributed by atoms with Crippen molar-refractivity contribution in [3.63, 3.8) is 0 Å². The van der Waals surface area contributed by atoms with E-state index in [4.69, 9.17) is 4.74 Å². The monoisotopic (exact) mass is 338 g/mol. The molecule has 0 spiro atoms. The smallest absolute Gasteiger partial charge is 0.133 e. The Morgan fingerprint density at radius 1 is 1.30 bits per heavy atom. The number of hydrogen-bond donors (Lipinski definition) is 1. The van der Waals surface area contributed by atoms with E-state index in [-0.39, 0.29) is 0 Å². The van der Waals surface area contributed by atoms with E-state index < -0.39 is 0 Å². The molecule has 110 valence electrons. The minimum absolute atomic E-state index is 0.577. The van der Waals surface area contributed by atoms with Crippen molar-refractivity contribution in [2.24, 2.45) is 5.92 Å². The average Bonchev–Trinajstić information content (AvgIpc) is 2.43. The predicted molar refractivity (Wildman–Crippen MR) is 85.2 cm³/mol. The summed E-state index contributed by atoms with van der Waals surface area (Å²) >= 11 is 3.63. The number of halogens is 1. The number of nitrogens with zero attached hydrogens (tertiary/aromatic N) is 1. The maximum atomic E-state index is 5.36. The van der Waals surface area contributed by atoms with Crippen LogP contribution in [0.15, 0.2) is 22.7 Å². The van der Waals surface area contributed by atoms with Gasteiger partial charge in [-0.05, 0) is 52.4 Å². The lowest BCUT2D eigenvalue weighted by Gasteiger charge is -2.43. The van der Waals surface area contributed by atoms with Crippen LogP contribution in [0.3, 0.4) is 0 Å². The molecule has 3 nitrogen and oxygen atoms in total. The third-order valence-electron chi connectivity index (χ3n) is 4.66. The van der Waals surface area contributed by atoms with Crippen LogP contribution < -0.4 is 10.1 Å². The van der Waals surface area contributed by atoms with Gasteiger partial charge in [0.05, 0.1) is 11.6 Å². The lowest BCUT2D eigenvalue weighted by molar-refractivity contribution is 0.0836. The summed E-state index contributed by atoms with van der Waals surface area (Å²) in [6, 6.07) is 7.17. The molecule has 0 bridgehead atoms. The molecule has 0 amide bonds. The number of nitrogens with one attached hydrogen (secondary N) is 1. The molecule has 4 heteroatoms. The zero-order chi connectivity index (χ0) is 13.9. The van der Waals surface area contributed by atoms with Crippen LogP contribution in [0.1, 0.15) is 30.9 Å². The Balaban J connectivity index is 1.85. The number of ether oxygens (including phenoxy) is 1. The standard InChI is InChI=1S/C16H23BrN2O/c1-20-15-6-5-13(11-14(15)17)16(12-3-2-4-12)19-9-7-18-8-10-19/h5-6,11-12,16,18H,2-4,7-10H2,1H3/t16-/m1/s1. The van der Waals surface area contributed by atoms with Crippen LogP contribution in [-0.2, 0) is 0 Å². The Labute approximate surface area is 129 Å². The Hall–Kier alpha value is -0.580. The summed E-state index contributed by atoms with van der Waals surface area (Å²) in [5, 5.41) is 3.45. The van der Waals surface area contributed by atoms with Gasteiger partial charge in [-0.2, -0.15) is 0 Å². The molecule has 0 aromatic heterocycles. The van der Waals surface area contributed by atoms with Crippen molar-refractivity contribution < 1.29 is 4.74 Å². The molecule has 1 saturated heterocycles. The summed E-state index contributed by atoms with van der Waals surface area (Å²) in [5.41, 5.74) is 1.43. The maximum Gasteiger partial charge on any atom is 0.133 e. The first kappa shape index (κ1) is 14.4. The third kappa shape index (κ3) is 2.87. The van der Waals surface area contributed by atoms with Crippen LogP contribution in [0, 0.1) is 5.92 Å². The first-order valence-electron chi connectivity index (χ1n) is 7.58. The van der Waals surface area contributed by atoms with Crippen molar-refractivity contribution in [1.29, 1.82) is 0 Å². The molecule has 3 rings (SSSR count). The fraction of sp³-hybridized carbons (Fsp3) is 0.625. The van der Waals surface area contributed by atoms with Gasteiger partial charge in [0.2, 0.25) is 0 Å². The maximum absolute atomic E-state index is 5.36.